The molecule has 0 amide bonds. The van der Waals surface area contributed by atoms with Gasteiger partial charge in [-0.05, 0) is 0 Å². The molecule has 0 radical (unpaired) electrons. The molecule has 0 aromatic heterocycles. The second-order valence-corrected chi connectivity index (χ2v) is 26.9. The van der Waals surface area contributed by atoms with Gasteiger partial charge < -0.3 is 24.8 Å². The Balaban J connectivity index is 0.00000200. The number of halogens is 2. The summed E-state index contributed by atoms with van der Waals surface area (Å²) in [6.07, 6.45) is 21.2. The molecular weight excluding hydrogens is 583 g/mol. The zero-order valence-electron chi connectivity index (χ0n) is 25.7. The van der Waals surface area contributed by atoms with Gasteiger partial charge in [0.1, 0.15) is 0 Å². The van der Waals surface area contributed by atoms with Crippen LogP contribution in [0.3, 0.4) is 0 Å². The molecule has 4 aliphatic carbocycles. The van der Waals surface area contributed by atoms with Crippen LogP contribution in [0, 0.1) is 47.3 Å². The van der Waals surface area contributed by atoms with Crippen LogP contribution >= 0.6 is 0 Å². The Morgan fingerprint density at radius 3 is 1.18 bits per heavy atom. The number of fused-ring (bicyclic) bond motifs is 2. The summed E-state index contributed by atoms with van der Waals surface area (Å²) in [5.74, 6) is 6.37. The third-order valence-corrected chi connectivity index (χ3v) is 28.6. The summed E-state index contributed by atoms with van der Waals surface area (Å²) in [4.78, 5) is 0. The smallest absolute Gasteiger partial charge is 1.00 e. The monoisotopic (exact) mass is 636 g/mol. The quantitative estimate of drug-likeness (QED) is 0.378. The molecule has 38 heavy (non-hydrogen) atoms. The summed E-state index contributed by atoms with van der Waals surface area (Å²) in [5.41, 5.74) is 7.32. The van der Waals surface area contributed by atoms with Gasteiger partial charge in [-0.25, -0.2) is 0 Å². The van der Waals surface area contributed by atoms with Gasteiger partial charge in [0.25, 0.3) is 0 Å². The van der Waals surface area contributed by atoms with Crippen molar-refractivity contribution in [3.8, 4) is 0 Å². The number of hydrogen-bond acceptors (Lipinski definition) is 0. The fourth-order valence-corrected chi connectivity index (χ4v) is 29.8. The van der Waals surface area contributed by atoms with Crippen molar-refractivity contribution >= 4 is 0 Å². The standard InChI is InChI=1S/2C15H23.C5H10.2ClH.Zr/c2*1-10(2)12-8-9-13(11(3)4)15-7-5-6-14(12)15;1-3-5-4-2;;;/h2*6,8-11,14-15H,5,7H2,1-4H3;1-5H2;2*1H;/q;;;;;+2/p-2. The van der Waals surface area contributed by atoms with Crippen LogP contribution in [-0.2, 0) is 20.3 Å². The summed E-state index contributed by atoms with van der Waals surface area (Å²) >= 11 is -2.51. The molecule has 0 aromatic carbocycles. The molecule has 3 heteroatoms. The van der Waals surface area contributed by atoms with E-state index in [0.717, 1.165) is 30.9 Å². The van der Waals surface area contributed by atoms with Crippen molar-refractivity contribution in [2.45, 2.75) is 116 Å². The van der Waals surface area contributed by atoms with E-state index < -0.39 is 20.3 Å². The topological polar surface area (TPSA) is 0 Å². The Bertz CT molecular complexity index is 873. The first kappa shape index (κ1) is 32.9. The van der Waals surface area contributed by atoms with E-state index in [1.807, 2.05) is 11.1 Å². The summed E-state index contributed by atoms with van der Waals surface area (Å²) in [6.45, 7) is 19.9. The molecule has 2 saturated carbocycles. The van der Waals surface area contributed by atoms with E-state index >= 15 is 0 Å². The van der Waals surface area contributed by atoms with Crippen LogP contribution in [-0.4, -0.2) is 0 Å². The molecule has 0 bridgehead atoms. The minimum atomic E-state index is -2.51. The largest absolute Gasteiger partial charge is 1.00 e. The third-order valence-electron chi connectivity index (χ3n) is 11.8. The first-order valence-electron chi connectivity index (χ1n) is 16.0. The molecule has 1 heterocycles. The normalized spacial score (nSPS) is 33.4. The van der Waals surface area contributed by atoms with Crippen LogP contribution in [0.15, 0.2) is 46.6 Å². The zero-order chi connectivity index (χ0) is 25.8. The molecular formula is C35H56Cl2Zr. The van der Waals surface area contributed by atoms with Gasteiger partial charge in [-0.15, -0.1) is 0 Å². The average molecular weight is 639 g/mol. The van der Waals surface area contributed by atoms with Gasteiger partial charge in [0, 0.05) is 0 Å². The predicted molar refractivity (Wildman–Crippen MR) is 155 cm³/mol. The Labute approximate surface area is 253 Å². The van der Waals surface area contributed by atoms with E-state index in [1.54, 1.807) is 45.1 Å². The van der Waals surface area contributed by atoms with E-state index in [4.69, 9.17) is 0 Å². The minimum Gasteiger partial charge on any atom is -1.00 e. The molecule has 1 saturated heterocycles. The molecule has 6 unspecified atom stereocenters. The number of allylic oxidation sites excluding steroid dienone is 8. The van der Waals surface area contributed by atoms with E-state index in [2.05, 4.69) is 79.7 Å². The molecule has 0 spiro atoms. The van der Waals surface area contributed by atoms with Gasteiger partial charge in [-0.2, -0.15) is 0 Å². The van der Waals surface area contributed by atoms with E-state index in [1.165, 1.54) is 19.3 Å². The maximum absolute atomic E-state index is 2.64. The van der Waals surface area contributed by atoms with Gasteiger partial charge in [0.2, 0.25) is 0 Å². The summed E-state index contributed by atoms with van der Waals surface area (Å²) in [6, 6.07) is 0. The van der Waals surface area contributed by atoms with Crippen LogP contribution in [0.25, 0.3) is 0 Å². The Kier molecular flexibility index (Phi) is 11.4. The minimum absolute atomic E-state index is 0. The van der Waals surface area contributed by atoms with Gasteiger partial charge in [0.05, 0.1) is 0 Å². The molecule has 1 aliphatic heterocycles. The first-order chi connectivity index (χ1) is 17.2. The SMILES string of the molecule is CC(C)C1=CC=C(C(C)C)C2C1CC[CH]2[Zr+2]1([CH]2CCC3C(C(C)C)=CC=C(C(C)C)C32)[CH2]CCC[CH2]1.[Cl-].[Cl-]. The average Bonchev–Trinajstić information content (AvgIpc) is 3.48. The van der Waals surface area contributed by atoms with Gasteiger partial charge in [0.15, 0.2) is 0 Å². The van der Waals surface area contributed by atoms with Crippen LogP contribution in [0.1, 0.15) is 100 Å². The first-order valence-corrected chi connectivity index (χ1v) is 22.3. The maximum Gasteiger partial charge on any atom is -1.00 e. The Hall–Kier alpha value is 0.423. The van der Waals surface area contributed by atoms with Gasteiger partial charge in [-0.3, -0.25) is 0 Å². The molecule has 0 aromatic rings. The molecule has 0 nitrogen and oxygen atoms in total. The summed E-state index contributed by atoms with van der Waals surface area (Å²) in [7, 11) is 0. The molecule has 6 atom stereocenters. The van der Waals surface area contributed by atoms with Crippen molar-refractivity contribution < 1.29 is 45.1 Å². The molecule has 3 fully saturated rings. The van der Waals surface area contributed by atoms with Crippen LogP contribution < -0.4 is 24.8 Å². The fourth-order valence-electron chi connectivity index (χ4n) is 10.4. The summed E-state index contributed by atoms with van der Waals surface area (Å²) < 4.78 is 5.64. The van der Waals surface area contributed by atoms with Crippen molar-refractivity contribution in [2.75, 3.05) is 0 Å². The molecule has 5 aliphatic rings. The van der Waals surface area contributed by atoms with Crippen LogP contribution in [0.4, 0.5) is 0 Å². The number of rotatable bonds is 6. The van der Waals surface area contributed by atoms with Gasteiger partial charge >= 0.3 is 230 Å². The molecule has 214 valence electrons. The van der Waals surface area contributed by atoms with Crippen LogP contribution in [0.2, 0.25) is 15.5 Å². The van der Waals surface area contributed by atoms with Crippen molar-refractivity contribution in [1.29, 1.82) is 0 Å². The van der Waals surface area contributed by atoms with E-state index in [9.17, 15) is 0 Å². The van der Waals surface area contributed by atoms with Gasteiger partial charge in [-0.1, -0.05) is 0 Å². The molecule has 0 N–H and O–H groups in total. The zero-order valence-corrected chi connectivity index (χ0v) is 29.7. The Morgan fingerprint density at radius 2 is 0.842 bits per heavy atom. The van der Waals surface area contributed by atoms with E-state index in [-0.39, 0.29) is 24.8 Å². The third kappa shape index (κ3) is 5.59. The van der Waals surface area contributed by atoms with Crippen molar-refractivity contribution in [3.63, 3.8) is 0 Å². The van der Waals surface area contributed by atoms with Crippen molar-refractivity contribution in [2.24, 2.45) is 47.3 Å². The number of hydrogen-bond donors (Lipinski definition) is 0. The van der Waals surface area contributed by atoms with Crippen LogP contribution in [0.5, 0.6) is 0 Å². The van der Waals surface area contributed by atoms with Crippen molar-refractivity contribution in [3.05, 3.63) is 46.6 Å². The predicted octanol–water partition coefficient (Wildman–Crippen LogP) is 5.16. The second kappa shape index (κ2) is 13.2. The Morgan fingerprint density at radius 1 is 0.500 bits per heavy atom. The fraction of sp³-hybridized carbons (Fsp3) is 0.771. The summed E-state index contributed by atoms with van der Waals surface area (Å²) in [5, 5.41) is 0. The molecule has 5 rings (SSSR count). The second-order valence-electron chi connectivity index (χ2n) is 14.7. The van der Waals surface area contributed by atoms with Crippen molar-refractivity contribution in [1.82, 2.24) is 0 Å². The van der Waals surface area contributed by atoms with E-state index in [0.29, 0.717) is 23.7 Å². The maximum atomic E-state index is 2.64.